The zero-order valence-corrected chi connectivity index (χ0v) is 4.02. The fraction of sp³-hybridized carbons (Fsp3) is 0.667. The Hall–Kier alpha value is 0.0674. The van der Waals surface area contributed by atoms with Gasteiger partial charge in [0, 0.05) is 6.61 Å². The topological polar surface area (TPSA) is 26.3 Å². The van der Waals surface area contributed by atoms with Crippen LogP contribution in [0.2, 0.25) is 0 Å². The zero-order valence-electron chi connectivity index (χ0n) is 4.02. The van der Waals surface area contributed by atoms with E-state index in [2.05, 4.69) is 4.74 Å². The van der Waals surface area contributed by atoms with Gasteiger partial charge in [0.1, 0.15) is 0 Å². The third-order valence-corrected chi connectivity index (χ3v) is 0.203. The quantitative estimate of drug-likeness (QED) is 0.262. The summed E-state index contributed by atoms with van der Waals surface area (Å²) in [6, 6.07) is 0. The second-order valence-electron chi connectivity index (χ2n) is 0.516. The number of carbonyl (C=O) groups excluding carboxylic acids is 1. The molecule has 0 atom stereocenters. The average Bonchev–Trinajstić information content (AvgIpc) is 1.41. The van der Waals surface area contributed by atoms with Crippen molar-refractivity contribution in [3.63, 3.8) is 0 Å². The van der Waals surface area contributed by atoms with Gasteiger partial charge in [-0.25, -0.2) is 0 Å². The van der Waals surface area contributed by atoms with Gasteiger partial charge in [0.15, 0.2) is 0 Å². The smallest absolute Gasteiger partial charge is 0.653 e. The molecule has 0 aromatic heterocycles. The van der Waals surface area contributed by atoms with Crippen LogP contribution < -0.4 is 18.9 Å². The molecule has 0 aromatic rings. The molecule has 0 unspecified atom stereocenters. The zero-order chi connectivity index (χ0) is 4.12. The van der Waals surface area contributed by atoms with Crippen LogP contribution in [0, 0.1) is 0 Å². The molecule has 0 radical (unpaired) electrons. The molecular weight excluding hydrogens is 75.0 g/mol. The predicted octanol–water partition coefficient (Wildman–Crippen LogP) is -2.91. The van der Waals surface area contributed by atoms with Gasteiger partial charge < -0.3 is 9.53 Å². The molecule has 0 saturated carbocycles. The first kappa shape index (κ1) is 9.42. The summed E-state index contributed by atoms with van der Waals surface area (Å²) in [5.41, 5.74) is 0. The van der Waals surface area contributed by atoms with Gasteiger partial charge in [-0.3, -0.25) is 0 Å². The van der Waals surface area contributed by atoms with Gasteiger partial charge in [-0.1, -0.05) is 6.47 Å². The van der Waals surface area contributed by atoms with E-state index in [1.807, 2.05) is 0 Å². The van der Waals surface area contributed by atoms with Crippen LogP contribution in [0.5, 0.6) is 0 Å². The molecule has 0 saturated heterocycles. The van der Waals surface area contributed by atoms with Crippen LogP contribution in [0.15, 0.2) is 0 Å². The number of rotatable bonds is 2. The van der Waals surface area contributed by atoms with Crippen LogP contribution in [0.25, 0.3) is 0 Å². The Labute approximate surface area is 49.0 Å². The van der Waals surface area contributed by atoms with Crippen LogP contribution in [0.3, 0.4) is 0 Å². The van der Waals surface area contributed by atoms with Crippen molar-refractivity contribution < 1.29 is 28.4 Å². The minimum absolute atomic E-state index is 0. The SMILES string of the molecule is CCO[C-]=O.[Li+]. The Morgan fingerprint density at radius 1 is 1.83 bits per heavy atom. The molecule has 0 amide bonds. The van der Waals surface area contributed by atoms with Crippen molar-refractivity contribution in [3.8, 4) is 0 Å². The summed E-state index contributed by atoms with van der Waals surface area (Å²) in [6.07, 6.45) is 0. The van der Waals surface area contributed by atoms with Crippen LogP contribution in [0.1, 0.15) is 6.92 Å². The molecule has 0 fully saturated rings. The van der Waals surface area contributed by atoms with Crippen molar-refractivity contribution in [2.24, 2.45) is 0 Å². The summed E-state index contributed by atoms with van der Waals surface area (Å²) >= 11 is 0. The summed E-state index contributed by atoms with van der Waals surface area (Å²) in [4.78, 5) is 9.06. The Morgan fingerprint density at radius 3 is 2.33 bits per heavy atom. The molecule has 30 valence electrons. The molecule has 0 aliphatic rings. The van der Waals surface area contributed by atoms with E-state index in [1.165, 1.54) is 6.47 Å². The normalized spacial score (nSPS) is 5.50. The van der Waals surface area contributed by atoms with Crippen molar-refractivity contribution >= 4 is 6.47 Å². The summed E-state index contributed by atoms with van der Waals surface area (Å²) in [5.74, 6) is 0. The maximum Gasteiger partial charge on any atom is 1.00 e. The molecule has 2 nitrogen and oxygen atoms in total. The van der Waals surface area contributed by atoms with E-state index in [4.69, 9.17) is 4.79 Å². The minimum atomic E-state index is 0. The second-order valence-corrected chi connectivity index (χ2v) is 0.516. The second kappa shape index (κ2) is 8.91. The van der Waals surface area contributed by atoms with E-state index in [0.717, 1.165) is 0 Å². The van der Waals surface area contributed by atoms with Gasteiger partial charge in [-0.05, 0) is 6.92 Å². The fourth-order valence-corrected chi connectivity index (χ4v) is 0.0589. The third-order valence-electron chi connectivity index (χ3n) is 0.203. The molecule has 0 spiro atoms. The first-order chi connectivity index (χ1) is 2.41. The Morgan fingerprint density at radius 2 is 2.33 bits per heavy atom. The van der Waals surface area contributed by atoms with Gasteiger partial charge >= 0.3 is 18.9 Å². The monoisotopic (exact) mass is 80.0 g/mol. The van der Waals surface area contributed by atoms with Crippen molar-refractivity contribution in [2.75, 3.05) is 6.61 Å². The van der Waals surface area contributed by atoms with Crippen LogP contribution in [-0.2, 0) is 9.53 Å². The standard InChI is InChI=1S/C3H5O2.Li/c1-2-5-3-4;/h2H2,1H3;/q-1;+1. The van der Waals surface area contributed by atoms with Crippen LogP contribution in [0.4, 0.5) is 0 Å². The van der Waals surface area contributed by atoms with Crippen molar-refractivity contribution in [1.29, 1.82) is 0 Å². The van der Waals surface area contributed by atoms with Gasteiger partial charge in [0.2, 0.25) is 0 Å². The fourth-order valence-electron chi connectivity index (χ4n) is 0.0589. The first-order valence-electron chi connectivity index (χ1n) is 1.40. The molecule has 6 heavy (non-hydrogen) atoms. The average molecular weight is 80.0 g/mol. The van der Waals surface area contributed by atoms with E-state index in [1.54, 1.807) is 6.92 Å². The van der Waals surface area contributed by atoms with Gasteiger partial charge in [0.05, 0.1) is 0 Å². The molecule has 3 heteroatoms. The Balaban J connectivity index is 0. The van der Waals surface area contributed by atoms with Gasteiger partial charge in [-0.2, -0.15) is 0 Å². The third kappa shape index (κ3) is 8.95. The largest absolute Gasteiger partial charge is 1.00 e. The summed E-state index contributed by atoms with van der Waals surface area (Å²) in [5, 5.41) is 0. The predicted molar refractivity (Wildman–Crippen MR) is 17.3 cm³/mol. The van der Waals surface area contributed by atoms with Crippen molar-refractivity contribution in [1.82, 2.24) is 0 Å². The Bertz CT molecular complexity index is 30.0. The summed E-state index contributed by atoms with van der Waals surface area (Å²) in [7, 11) is 0. The van der Waals surface area contributed by atoms with E-state index < -0.39 is 0 Å². The maximum absolute atomic E-state index is 9.06. The Kier molecular flexibility index (Phi) is 14.0. The van der Waals surface area contributed by atoms with Gasteiger partial charge in [-0.15, -0.1) is 0 Å². The van der Waals surface area contributed by atoms with Crippen molar-refractivity contribution in [3.05, 3.63) is 0 Å². The molecule has 0 bridgehead atoms. The summed E-state index contributed by atoms with van der Waals surface area (Å²) in [6.45, 7) is 3.41. The van der Waals surface area contributed by atoms with Crippen LogP contribution in [-0.4, -0.2) is 13.1 Å². The molecular formula is C3H5LiO2. The van der Waals surface area contributed by atoms with E-state index in [0.29, 0.717) is 6.61 Å². The molecule has 0 aliphatic heterocycles. The molecule has 0 rings (SSSR count). The maximum atomic E-state index is 9.06. The number of hydrogen-bond acceptors (Lipinski definition) is 2. The molecule has 0 aliphatic carbocycles. The van der Waals surface area contributed by atoms with E-state index >= 15 is 0 Å². The molecule has 0 N–H and O–H groups in total. The number of ether oxygens (including phenoxy) is 1. The van der Waals surface area contributed by atoms with E-state index in [9.17, 15) is 0 Å². The van der Waals surface area contributed by atoms with E-state index in [-0.39, 0.29) is 18.9 Å². The summed E-state index contributed by atoms with van der Waals surface area (Å²) < 4.78 is 4.03. The van der Waals surface area contributed by atoms with Crippen LogP contribution >= 0.6 is 0 Å². The molecule has 0 heterocycles. The molecule has 0 aromatic carbocycles. The minimum Gasteiger partial charge on any atom is -0.653 e. The van der Waals surface area contributed by atoms with Gasteiger partial charge in [0.25, 0.3) is 0 Å². The van der Waals surface area contributed by atoms with Crippen molar-refractivity contribution in [2.45, 2.75) is 6.92 Å². The first-order valence-corrected chi connectivity index (χ1v) is 1.40. The number of hydrogen-bond donors (Lipinski definition) is 0.